The fraction of sp³-hybridized carbons (Fsp3) is 0.500. The lowest BCUT2D eigenvalue weighted by Gasteiger charge is -2.22. The number of aliphatic hydroxyl groups excluding tert-OH is 1. The van der Waals surface area contributed by atoms with Crippen LogP contribution in [0.2, 0.25) is 0 Å². The molecule has 16 heavy (non-hydrogen) atoms. The standard InChI is InChI=1S/C12H15F3O/c1-7(2)9-5-4-6-10(11(9)13)12(14,15)8(3)16/h4-8,16H,1-3H3/t8-/m0/s1. The van der Waals surface area contributed by atoms with Crippen molar-refractivity contribution in [2.75, 3.05) is 0 Å². The molecule has 1 nitrogen and oxygen atoms in total. The van der Waals surface area contributed by atoms with E-state index in [-0.39, 0.29) is 11.5 Å². The van der Waals surface area contributed by atoms with Crippen LogP contribution in [0.5, 0.6) is 0 Å². The molecule has 0 aliphatic carbocycles. The quantitative estimate of drug-likeness (QED) is 0.846. The van der Waals surface area contributed by atoms with E-state index in [9.17, 15) is 13.2 Å². The summed E-state index contributed by atoms with van der Waals surface area (Å²) in [6, 6.07) is 3.86. The van der Waals surface area contributed by atoms with Crippen molar-refractivity contribution < 1.29 is 18.3 Å². The summed E-state index contributed by atoms with van der Waals surface area (Å²) in [6.45, 7) is 4.40. The molecule has 0 spiro atoms. The van der Waals surface area contributed by atoms with Crippen LogP contribution in [0.3, 0.4) is 0 Å². The molecule has 0 radical (unpaired) electrons. The Kier molecular flexibility index (Phi) is 3.63. The normalized spacial score (nSPS) is 14.2. The van der Waals surface area contributed by atoms with Gasteiger partial charge in [-0.15, -0.1) is 0 Å². The molecule has 0 saturated carbocycles. The first-order valence-corrected chi connectivity index (χ1v) is 5.13. The average molecular weight is 232 g/mol. The van der Waals surface area contributed by atoms with Gasteiger partial charge >= 0.3 is 5.92 Å². The van der Waals surface area contributed by atoms with Gasteiger partial charge in [0.1, 0.15) is 11.9 Å². The summed E-state index contributed by atoms with van der Waals surface area (Å²) in [5.74, 6) is -4.66. The maximum atomic E-state index is 13.8. The van der Waals surface area contributed by atoms with Crippen LogP contribution in [0.4, 0.5) is 13.2 Å². The Morgan fingerprint density at radius 3 is 2.19 bits per heavy atom. The van der Waals surface area contributed by atoms with Gasteiger partial charge < -0.3 is 5.11 Å². The van der Waals surface area contributed by atoms with Crippen LogP contribution >= 0.6 is 0 Å². The lowest BCUT2D eigenvalue weighted by Crippen LogP contribution is -2.29. The molecule has 0 heterocycles. The van der Waals surface area contributed by atoms with Crippen molar-refractivity contribution in [1.29, 1.82) is 0 Å². The van der Waals surface area contributed by atoms with E-state index >= 15 is 0 Å². The van der Waals surface area contributed by atoms with Crippen molar-refractivity contribution in [1.82, 2.24) is 0 Å². The largest absolute Gasteiger partial charge is 0.387 e. The summed E-state index contributed by atoms with van der Waals surface area (Å²) < 4.78 is 40.8. The number of aliphatic hydroxyl groups is 1. The third-order valence-corrected chi connectivity index (χ3v) is 2.53. The van der Waals surface area contributed by atoms with E-state index in [1.807, 2.05) is 0 Å². The molecule has 0 amide bonds. The Balaban J connectivity index is 3.31. The minimum absolute atomic E-state index is 0.176. The van der Waals surface area contributed by atoms with Crippen molar-refractivity contribution in [3.63, 3.8) is 0 Å². The Bertz CT molecular complexity index is 373. The summed E-state index contributed by atoms with van der Waals surface area (Å²) in [7, 11) is 0. The predicted molar refractivity (Wildman–Crippen MR) is 56.1 cm³/mol. The molecular weight excluding hydrogens is 217 g/mol. The molecule has 1 rings (SSSR count). The van der Waals surface area contributed by atoms with E-state index in [0.29, 0.717) is 0 Å². The lowest BCUT2D eigenvalue weighted by molar-refractivity contribution is -0.108. The van der Waals surface area contributed by atoms with Crippen LogP contribution in [0.25, 0.3) is 0 Å². The minimum atomic E-state index is -3.56. The van der Waals surface area contributed by atoms with Gasteiger partial charge in [0.15, 0.2) is 0 Å². The first kappa shape index (κ1) is 13.0. The fourth-order valence-electron chi connectivity index (χ4n) is 1.48. The molecule has 0 aliphatic heterocycles. The van der Waals surface area contributed by atoms with Gasteiger partial charge in [0, 0.05) is 0 Å². The van der Waals surface area contributed by atoms with E-state index in [1.54, 1.807) is 13.8 Å². The van der Waals surface area contributed by atoms with Crippen LogP contribution in [0.15, 0.2) is 18.2 Å². The number of hydrogen-bond acceptors (Lipinski definition) is 1. The van der Waals surface area contributed by atoms with Crippen LogP contribution < -0.4 is 0 Å². The first-order valence-electron chi connectivity index (χ1n) is 5.13. The van der Waals surface area contributed by atoms with Gasteiger partial charge in [0.2, 0.25) is 0 Å². The zero-order valence-corrected chi connectivity index (χ0v) is 9.47. The van der Waals surface area contributed by atoms with Gasteiger partial charge in [-0.2, -0.15) is 8.78 Å². The number of hydrogen-bond donors (Lipinski definition) is 1. The van der Waals surface area contributed by atoms with Gasteiger partial charge in [-0.1, -0.05) is 26.0 Å². The lowest BCUT2D eigenvalue weighted by atomic mass is 9.95. The second-order valence-electron chi connectivity index (χ2n) is 4.16. The molecule has 1 atom stereocenters. The van der Waals surface area contributed by atoms with Gasteiger partial charge in [-0.05, 0) is 24.5 Å². The topological polar surface area (TPSA) is 20.2 Å². The van der Waals surface area contributed by atoms with Crippen LogP contribution in [-0.4, -0.2) is 11.2 Å². The van der Waals surface area contributed by atoms with Crippen LogP contribution in [0, 0.1) is 5.82 Å². The van der Waals surface area contributed by atoms with Crippen molar-refractivity contribution in [3.05, 3.63) is 35.1 Å². The average Bonchev–Trinajstić information content (AvgIpc) is 2.16. The first-order chi connectivity index (χ1) is 7.28. The Labute approximate surface area is 92.9 Å². The SMILES string of the molecule is CC(C)c1cccc(C(F)(F)[C@H](C)O)c1F. The molecular formula is C12H15F3O. The van der Waals surface area contributed by atoms with Gasteiger partial charge in [0.25, 0.3) is 0 Å². The molecule has 90 valence electrons. The third kappa shape index (κ3) is 2.21. The maximum absolute atomic E-state index is 13.8. The maximum Gasteiger partial charge on any atom is 0.301 e. The van der Waals surface area contributed by atoms with Crippen molar-refractivity contribution in [2.24, 2.45) is 0 Å². The van der Waals surface area contributed by atoms with Crippen molar-refractivity contribution >= 4 is 0 Å². The summed E-state index contributed by atoms with van der Waals surface area (Å²) in [5, 5.41) is 8.97. The summed E-state index contributed by atoms with van der Waals surface area (Å²) in [4.78, 5) is 0. The smallest absolute Gasteiger partial charge is 0.301 e. The Morgan fingerprint density at radius 1 is 1.19 bits per heavy atom. The minimum Gasteiger partial charge on any atom is -0.387 e. The Morgan fingerprint density at radius 2 is 1.75 bits per heavy atom. The Hall–Kier alpha value is -1.03. The fourth-order valence-corrected chi connectivity index (χ4v) is 1.48. The zero-order chi connectivity index (χ0) is 12.5. The van der Waals surface area contributed by atoms with Gasteiger partial charge in [0.05, 0.1) is 5.56 Å². The highest BCUT2D eigenvalue weighted by Crippen LogP contribution is 2.35. The summed E-state index contributed by atoms with van der Waals surface area (Å²) >= 11 is 0. The second kappa shape index (κ2) is 4.45. The molecule has 0 bridgehead atoms. The van der Waals surface area contributed by atoms with E-state index in [1.165, 1.54) is 12.1 Å². The number of rotatable bonds is 3. The second-order valence-corrected chi connectivity index (χ2v) is 4.16. The molecule has 0 fully saturated rings. The third-order valence-electron chi connectivity index (χ3n) is 2.53. The van der Waals surface area contributed by atoms with Crippen molar-refractivity contribution in [2.45, 2.75) is 38.7 Å². The van der Waals surface area contributed by atoms with E-state index < -0.39 is 23.4 Å². The van der Waals surface area contributed by atoms with E-state index in [4.69, 9.17) is 5.11 Å². The van der Waals surface area contributed by atoms with E-state index in [2.05, 4.69) is 0 Å². The molecule has 0 unspecified atom stereocenters. The zero-order valence-electron chi connectivity index (χ0n) is 9.47. The summed E-state index contributed by atoms with van der Waals surface area (Å²) in [6.07, 6.45) is -1.91. The number of halogens is 3. The van der Waals surface area contributed by atoms with Gasteiger partial charge in [-0.25, -0.2) is 4.39 Å². The monoisotopic (exact) mass is 232 g/mol. The molecule has 0 aliphatic rings. The molecule has 1 aromatic carbocycles. The molecule has 0 saturated heterocycles. The highest BCUT2D eigenvalue weighted by atomic mass is 19.3. The number of benzene rings is 1. The van der Waals surface area contributed by atoms with Crippen LogP contribution in [0.1, 0.15) is 37.8 Å². The molecule has 4 heteroatoms. The predicted octanol–water partition coefficient (Wildman–Crippen LogP) is 3.42. The van der Waals surface area contributed by atoms with Crippen molar-refractivity contribution in [3.8, 4) is 0 Å². The highest BCUT2D eigenvalue weighted by molar-refractivity contribution is 5.31. The summed E-state index contributed by atoms with van der Waals surface area (Å²) in [5.41, 5.74) is -0.508. The van der Waals surface area contributed by atoms with Gasteiger partial charge in [-0.3, -0.25) is 0 Å². The molecule has 1 N–H and O–H groups in total. The molecule has 0 aromatic heterocycles. The molecule has 1 aromatic rings. The van der Waals surface area contributed by atoms with E-state index in [0.717, 1.165) is 13.0 Å². The number of alkyl halides is 2. The highest BCUT2D eigenvalue weighted by Gasteiger charge is 2.40. The van der Waals surface area contributed by atoms with Crippen LogP contribution in [-0.2, 0) is 5.92 Å².